The molecule has 0 aliphatic carbocycles. The fourth-order valence-corrected chi connectivity index (χ4v) is 2.54. The lowest BCUT2D eigenvalue weighted by molar-refractivity contribution is 0.259. The number of benzene rings is 2. The Morgan fingerprint density at radius 1 is 1.00 bits per heavy atom. The molecule has 152 valence electrons. The smallest absolute Gasteiger partial charge is 0.195 e. The SMILES string of the molecule is CN=C(NCc1ccccc1OCCN(C)C)Nc1ccc(OC)c(OC)c1. The Hall–Kier alpha value is -2.93. The molecule has 0 heterocycles. The molecule has 0 radical (unpaired) electrons. The zero-order chi connectivity index (χ0) is 20.4. The van der Waals surface area contributed by atoms with Crippen molar-refractivity contribution < 1.29 is 14.2 Å². The molecule has 2 N–H and O–H groups in total. The van der Waals surface area contributed by atoms with Gasteiger partial charge in [-0.2, -0.15) is 0 Å². The first kappa shape index (κ1) is 21.4. The largest absolute Gasteiger partial charge is 0.493 e. The number of hydrogen-bond acceptors (Lipinski definition) is 5. The molecule has 2 aromatic rings. The van der Waals surface area contributed by atoms with Crippen LogP contribution in [0.5, 0.6) is 17.2 Å². The molecule has 0 unspecified atom stereocenters. The van der Waals surface area contributed by atoms with E-state index in [4.69, 9.17) is 14.2 Å². The first-order valence-corrected chi connectivity index (χ1v) is 9.12. The Balaban J connectivity index is 1.99. The normalized spacial score (nSPS) is 11.3. The van der Waals surface area contributed by atoms with Gasteiger partial charge in [0.2, 0.25) is 0 Å². The lowest BCUT2D eigenvalue weighted by Crippen LogP contribution is -2.30. The van der Waals surface area contributed by atoms with Crippen LogP contribution < -0.4 is 24.8 Å². The van der Waals surface area contributed by atoms with Crippen molar-refractivity contribution in [2.75, 3.05) is 53.8 Å². The van der Waals surface area contributed by atoms with Crippen molar-refractivity contribution >= 4 is 11.6 Å². The number of likely N-dealkylation sites (N-methyl/N-ethyl adjacent to an activating group) is 1. The summed E-state index contributed by atoms with van der Waals surface area (Å²) in [7, 11) is 9.02. The molecule has 0 aliphatic rings. The summed E-state index contributed by atoms with van der Waals surface area (Å²) in [6, 6.07) is 13.6. The number of hydrogen-bond donors (Lipinski definition) is 2. The predicted octanol–water partition coefficient (Wildman–Crippen LogP) is 2.83. The van der Waals surface area contributed by atoms with Crippen LogP contribution in [0.4, 0.5) is 5.69 Å². The van der Waals surface area contributed by atoms with Gasteiger partial charge >= 0.3 is 0 Å². The van der Waals surface area contributed by atoms with Gasteiger partial charge in [0, 0.05) is 37.5 Å². The molecule has 2 rings (SSSR count). The van der Waals surface area contributed by atoms with Crippen molar-refractivity contribution in [3.63, 3.8) is 0 Å². The molecule has 2 aromatic carbocycles. The van der Waals surface area contributed by atoms with Crippen molar-refractivity contribution in [2.45, 2.75) is 6.54 Å². The lowest BCUT2D eigenvalue weighted by Gasteiger charge is -2.16. The second kappa shape index (κ2) is 11.0. The Kier molecular flexibility index (Phi) is 8.42. The minimum atomic E-state index is 0.588. The minimum Gasteiger partial charge on any atom is -0.493 e. The molecule has 7 nitrogen and oxygen atoms in total. The Morgan fingerprint density at radius 3 is 2.43 bits per heavy atom. The van der Waals surface area contributed by atoms with E-state index in [9.17, 15) is 0 Å². The Labute approximate surface area is 167 Å². The van der Waals surface area contributed by atoms with Crippen LogP contribution >= 0.6 is 0 Å². The summed E-state index contributed by atoms with van der Waals surface area (Å²) in [6.45, 7) is 2.10. The van der Waals surface area contributed by atoms with Crippen LogP contribution in [-0.4, -0.2) is 59.4 Å². The van der Waals surface area contributed by atoms with Crippen molar-refractivity contribution in [3.8, 4) is 17.2 Å². The van der Waals surface area contributed by atoms with Crippen LogP contribution in [-0.2, 0) is 6.54 Å². The maximum atomic E-state index is 5.92. The van der Waals surface area contributed by atoms with Crippen LogP contribution in [0, 0.1) is 0 Å². The highest BCUT2D eigenvalue weighted by atomic mass is 16.5. The molecule has 7 heteroatoms. The monoisotopic (exact) mass is 386 g/mol. The maximum Gasteiger partial charge on any atom is 0.195 e. The third kappa shape index (κ3) is 6.35. The van der Waals surface area contributed by atoms with Gasteiger partial charge in [-0.15, -0.1) is 0 Å². The van der Waals surface area contributed by atoms with E-state index in [1.807, 2.05) is 56.6 Å². The first-order valence-electron chi connectivity index (χ1n) is 9.12. The van der Waals surface area contributed by atoms with Gasteiger partial charge in [-0.05, 0) is 32.3 Å². The first-order chi connectivity index (χ1) is 13.6. The van der Waals surface area contributed by atoms with Crippen molar-refractivity contribution in [1.82, 2.24) is 10.2 Å². The summed E-state index contributed by atoms with van der Waals surface area (Å²) in [5.74, 6) is 2.86. The van der Waals surface area contributed by atoms with Crippen LogP contribution in [0.2, 0.25) is 0 Å². The quantitative estimate of drug-likeness (QED) is 0.510. The van der Waals surface area contributed by atoms with E-state index in [0.717, 1.165) is 23.5 Å². The van der Waals surface area contributed by atoms with E-state index in [2.05, 4.69) is 20.5 Å². The molecule has 0 atom stereocenters. The molecule has 0 spiro atoms. The summed E-state index contributed by atoms with van der Waals surface area (Å²) >= 11 is 0. The number of methoxy groups -OCH3 is 2. The molecular weight excluding hydrogens is 356 g/mol. The van der Waals surface area contributed by atoms with Gasteiger partial charge < -0.3 is 29.7 Å². The Morgan fingerprint density at radius 2 is 1.75 bits per heavy atom. The number of nitrogens with zero attached hydrogens (tertiary/aromatic N) is 2. The fourth-order valence-electron chi connectivity index (χ4n) is 2.54. The van der Waals surface area contributed by atoms with Crippen LogP contribution in [0.15, 0.2) is 47.5 Å². The van der Waals surface area contributed by atoms with Crippen molar-refractivity contribution in [3.05, 3.63) is 48.0 Å². The van der Waals surface area contributed by atoms with Gasteiger partial charge in [0.15, 0.2) is 17.5 Å². The average molecular weight is 386 g/mol. The summed E-state index contributed by atoms with van der Waals surface area (Å²) < 4.78 is 16.5. The highest BCUT2D eigenvalue weighted by Gasteiger charge is 2.08. The average Bonchev–Trinajstić information content (AvgIpc) is 2.71. The predicted molar refractivity (Wildman–Crippen MR) is 114 cm³/mol. The highest BCUT2D eigenvalue weighted by molar-refractivity contribution is 5.93. The molecule has 0 aliphatic heterocycles. The zero-order valence-corrected chi connectivity index (χ0v) is 17.3. The number of para-hydroxylation sites is 1. The second-order valence-electron chi connectivity index (χ2n) is 6.38. The van der Waals surface area contributed by atoms with Crippen molar-refractivity contribution in [1.29, 1.82) is 0 Å². The summed E-state index contributed by atoms with van der Waals surface area (Å²) in [5, 5.41) is 6.57. The van der Waals surface area contributed by atoms with E-state index in [-0.39, 0.29) is 0 Å². The Bertz CT molecular complexity index is 778. The molecule has 0 amide bonds. The maximum absolute atomic E-state index is 5.92. The summed E-state index contributed by atoms with van der Waals surface area (Å²) in [5.41, 5.74) is 1.91. The van der Waals surface area contributed by atoms with Gasteiger partial charge in [-0.3, -0.25) is 4.99 Å². The van der Waals surface area contributed by atoms with Crippen LogP contribution in [0.3, 0.4) is 0 Å². The van der Waals surface area contributed by atoms with Gasteiger partial charge in [-0.1, -0.05) is 18.2 Å². The fraction of sp³-hybridized carbons (Fsp3) is 0.381. The number of anilines is 1. The van der Waals surface area contributed by atoms with Gasteiger partial charge in [0.25, 0.3) is 0 Å². The van der Waals surface area contributed by atoms with Crippen LogP contribution in [0.25, 0.3) is 0 Å². The molecule has 0 fully saturated rings. The number of aliphatic imine (C=N–C) groups is 1. The minimum absolute atomic E-state index is 0.588. The van der Waals surface area contributed by atoms with Crippen LogP contribution in [0.1, 0.15) is 5.56 Å². The van der Waals surface area contributed by atoms with Gasteiger partial charge in [0.1, 0.15) is 12.4 Å². The number of guanidine groups is 1. The topological polar surface area (TPSA) is 67.4 Å². The standard InChI is InChI=1S/C21H30N4O3/c1-22-21(24-17-10-11-19(26-4)20(14-17)27-5)23-15-16-8-6-7-9-18(16)28-13-12-25(2)3/h6-11,14H,12-13,15H2,1-5H3,(H2,22,23,24). The highest BCUT2D eigenvalue weighted by Crippen LogP contribution is 2.29. The molecule has 28 heavy (non-hydrogen) atoms. The number of rotatable bonds is 9. The van der Waals surface area contributed by atoms with Gasteiger partial charge in [-0.25, -0.2) is 0 Å². The molecule has 0 saturated carbocycles. The molecule has 0 bridgehead atoms. The van der Waals surface area contributed by atoms with E-state index in [0.29, 0.717) is 30.6 Å². The summed E-state index contributed by atoms with van der Waals surface area (Å²) in [6.07, 6.45) is 0. The number of nitrogens with one attached hydrogen (secondary N) is 2. The number of ether oxygens (including phenoxy) is 3. The molecule has 0 saturated heterocycles. The van der Waals surface area contributed by atoms with Gasteiger partial charge in [0.05, 0.1) is 14.2 Å². The van der Waals surface area contributed by atoms with E-state index in [1.54, 1.807) is 21.3 Å². The molecular formula is C21H30N4O3. The van der Waals surface area contributed by atoms with E-state index >= 15 is 0 Å². The molecule has 0 aromatic heterocycles. The third-order valence-corrected chi connectivity index (χ3v) is 4.08. The van der Waals surface area contributed by atoms with Crippen molar-refractivity contribution in [2.24, 2.45) is 4.99 Å². The lowest BCUT2D eigenvalue weighted by atomic mass is 10.2. The zero-order valence-electron chi connectivity index (χ0n) is 17.3. The van der Waals surface area contributed by atoms with E-state index < -0.39 is 0 Å². The second-order valence-corrected chi connectivity index (χ2v) is 6.38. The summed E-state index contributed by atoms with van der Waals surface area (Å²) in [4.78, 5) is 6.38. The van der Waals surface area contributed by atoms with E-state index in [1.165, 1.54) is 0 Å². The third-order valence-electron chi connectivity index (χ3n) is 4.08.